The van der Waals surface area contributed by atoms with Gasteiger partial charge in [-0.2, -0.15) is 0 Å². The Labute approximate surface area is 139 Å². The molecular formula is C17H18ClNO2S. The highest BCUT2D eigenvalue weighted by molar-refractivity contribution is 7.10. The molecule has 22 heavy (non-hydrogen) atoms. The van der Waals surface area contributed by atoms with Crippen LogP contribution in [0.25, 0.3) is 0 Å². The molecule has 3 nitrogen and oxygen atoms in total. The van der Waals surface area contributed by atoms with E-state index in [0.29, 0.717) is 11.6 Å². The highest BCUT2D eigenvalue weighted by Gasteiger charge is 2.33. The van der Waals surface area contributed by atoms with Gasteiger partial charge in [0.05, 0.1) is 6.61 Å². The zero-order chi connectivity index (χ0) is 15.5. The van der Waals surface area contributed by atoms with Crippen LogP contribution in [0.1, 0.15) is 29.0 Å². The summed E-state index contributed by atoms with van der Waals surface area (Å²) in [5, 5.41) is 2.72. The van der Waals surface area contributed by atoms with Gasteiger partial charge >= 0.3 is 5.97 Å². The molecule has 1 aromatic heterocycles. The molecule has 5 heteroatoms. The number of carbonyl (C=O) groups is 1. The van der Waals surface area contributed by atoms with E-state index in [1.54, 1.807) is 11.3 Å². The van der Waals surface area contributed by atoms with Crippen molar-refractivity contribution >= 4 is 28.9 Å². The maximum atomic E-state index is 12.5. The summed E-state index contributed by atoms with van der Waals surface area (Å²) in [6.45, 7) is 3.79. The maximum Gasteiger partial charge on any atom is 0.328 e. The van der Waals surface area contributed by atoms with Gasteiger partial charge in [-0.05, 0) is 42.0 Å². The van der Waals surface area contributed by atoms with E-state index >= 15 is 0 Å². The fourth-order valence-electron chi connectivity index (χ4n) is 2.88. The van der Waals surface area contributed by atoms with E-state index in [1.807, 2.05) is 31.2 Å². The van der Waals surface area contributed by atoms with E-state index in [0.717, 1.165) is 25.1 Å². The lowest BCUT2D eigenvalue weighted by atomic mass is 10.0. The van der Waals surface area contributed by atoms with Gasteiger partial charge in [-0.3, -0.25) is 4.90 Å². The molecule has 0 amide bonds. The summed E-state index contributed by atoms with van der Waals surface area (Å²) >= 11 is 8.12. The minimum absolute atomic E-state index is 0.228. The number of benzene rings is 1. The molecule has 1 atom stereocenters. The van der Waals surface area contributed by atoms with Crippen molar-refractivity contribution in [3.05, 3.63) is 56.7 Å². The summed E-state index contributed by atoms with van der Waals surface area (Å²) < 4.78 is 5.30. The fraction of sp³-hybridized carbons (Fsp3) is 0.353. The van der Waals surface area contributed by atoms with Crippen LogP contribution in [0.4, 0.5) is 0 Å². The molecule has 0 spiro atoms. The average Bonchev–Trinajstić information content (AvgIpc) is 2.97. The topological polar surface area (TPSA) is 29.5 Å². The number of hydrogen-bond acceptors (Lipinski definition) is 4. The van der Waals surface area contributed by atoms with Crippen LogP contribution in [0.5, 0.6) is 0 Å². The van der Waals surface area contributed by atoms with Crippen molar-refractivity contribution in [1.29, 1.82) is 0 Å². The lowest BCUT2D eigenvalue weighted by Gasteiger charge is -2.33. The second kappa shape index (κ2) is 6.82. The summed E-state index contributed by atoms with van der Waals surface area (Å²) in [7, 11) is 0. The monoisotopic (exact) mass is 335 g/mol. The number of nitrogens with zero attached hydrogens (tertiary/aromatic N) is 1. The van der Waals surface area contributed by atoms with Gasteiger partial charge in [0.15, 0.2) is 0 Å². The summed E-state index contributed by atoms with van der Waals surface area (Å²) in [5.74, 6) is -0.228. The van der Waals surface area contributed by atoms with Crippen LogP contribution < -0.4 is 0 Å². The lowest BCUT2D eigenvalue weighted by molar-refractivity contribution is -0.150. The average molecular weight is 336 g/mol. The quantitative estimate of drug-likeness (QED) is 0.789. The molecule has 1 aliphatic rings. The Morgan fingerprint density at radius 2 is 2.23 bits per heavy atom. The molecule has 1 aromatic carbocycles. The van der Waals surface area contributed by atoms with E-state index < -0.39 is 6.04 Å². The third kappa shape index (κ3) is 3.05. The van der Waals surface area contributed by atoms with Gasteiger partial charge in [0.2, 0.25) is 0 Å². The summed E-state index contributed by atoms with van der Waals surface area (Å²) in [6.07, 6.45) is 0.966. The normalized spacial score (nSPS) is 16.1. The molecule has 0 saturated carbocycles. The highest BCUT2D eigenvalue weighted by atomic mass is 35.5. The van der Waals surface area contributed by atoms with Crippen molar-refractivity contribution < 1.29 is 9.53 Å². The van der Waals surface area contributed by atoms with Crippen LogP contribution in [0, 0.1) is 0 Å². The van der Waals surface area contributed by atoms with Crippen LogP contribution in [0.2, 0.25) is 5.02 Å². The molecule has 0 bridgehead atoms. The summed E-state index contributed by atoms with van der Waals surface area (Å²) in [4.78, 5) is 16.1. The van der Waals surface area contributed by atoms with Crippen molar-refractivity contribution in [2.75, 3.05) is 13.2 Å². The van der Waals surface area contributed by atoms with Crippen molar-refractivity contribution in [2.24, 2.45) is 0 Å². The first-order chi connectivity index (χ1) is 10.7. The van der Waals surface area contributed by atoms with Crippen LogP contribution >= 0.6 is 22.9 Å². The number of thiophene rings is 1. The number of carbonyl (C=O) groups excluding carboxylic acids is 1. The number of fused-ring (bicyclic) bond motifs is 1. The second-order valence-electron chi connectivity index (χ2n) is 5.27. The summed E-state index contributed by atoms with van der Waals surface area (Å²) in [6, 6.07) is 9.22. The standard InChI is InChI=1S/C17H18ClNO2S/c1-2-21-17(20)16(13-5-3-4-6-14(13)18)19-9-7-15-12(11-19)8-10-22-15/h3-6,8,10,16H,2,7,9,11H2,1H3/t16-/m1/s1. The molecule has 0 N–H and O–H groups in total. The van der Waals surface area contributed by atoms with E-state index in [-0.39, 0.29) is 5.97 Å². The predicted molar refractivity (Wildman–Crippen MR) is 89.3 cm³/mol. The molecule has 0 unspecified atom stereocenters. The Morgan fingerprint density at radius 1 is 1.41 bits per heavy atom. The Hall–Kier alpha value is -1.36. The number of esters is 1. The van der Waals surface area contributed by atoms with Gasteiger partial charge in [-0.25, -0.2) is 4.79 Å². The van der Waals surface area contributed by atoms with E-state index in [2.05, 4.69) is 16.3 Å². The minimum atomic E-state index is -0.443. The Kier molecular flexibility index (Phi) is 4.81. The molecule has 2 heterocycles. The third-order valence-electron chi connectivity index (χ3n) is 3.91. The van der Waals surface area contributed by atoms with Crippen LogP contribution in [0.15, 0.2) is 35.7 Å². The van der Waals surface area contributed by atoms with Crippen molar-refractivity contribution in [3.63, 3.8) is 0 Å². The molecule has 0 saturated heterocycles. The predicted octanol–water partition coefficient (Wildman–Crippen LogP) is 4.06. The van der Waals surface area contributed by atoms with Gasteiger partial charge in [-0.1, -0.05) is 29.8 Å². The highest BCUT2D eigenvalue weighted by Crippen LogP contribution is 2.33. The van der Waals surface area contributed by atoms with E-state index in [9.17, 15) is 4.79 Å². The molecule has 2 aromatic rings. The first kappa shape index (κ1) is 15.5. The van der Waals surface area contributed by atoms with Crippen molar-refractivity contribution in [1.82, 2.24) is 4.90 Å². The Bertz CT molecular complexity index is 670. The third-order valence-corrected chi connectivity index (χ3v) is 5.28. The molecule has 1 aliphatic heterocycles. The number of halogens is 1. The molecule has 3 rings (SSSR count). The van der Waals surface area contributed by atoms with Gasteiger partial charge in [0.25, 0.3) is 0 Å². The molecule has 116 valence electrons. The van der Waals surface area contributed by atoms with E-state index in [4.69, 9.17) is 16.3 Å². The molecule has 0 radical (unpaired) electrons. The van der Waals surface area contributed by atoms with E-state index in [1.165, 1.54) is 10.4 Å². The van der Waals surface area contributed by atoms with Gasteiger partial charge in [0, 0.05) is 23.0 Å². The lowest BCUT2D eigenvalue weighted by Crippen LogP contribution is -2.38. The van der Waals surface area contributed by atoms with Crippen molar-refractivity contribution in [2.45, 2.75) is 25.9 Å². The molecule has 0 fully saturated rings. The first-order valence-electron chi connectivity index (χ1n) is 7.41. The largest absolute Gasteiger partial charge is 0.465 e. The number of rotatable bonds is 4. The van der Waals surface area contributed by atoms with Crippen LogP contribution in [0.3, 0.4) is 0 Å². The SMILES string of the molecule is CCOC(=O)[C@@H](c1ccccc1Cl)N1CCc2sccc2C1. The Balaban J connectivity index is 1.93. The van der Waals surface area contributed by atoms with Crippen molar-refractivity contribution in [3.8, 4) is 0 Å². The smallest absolute Gasteiger partial charge is 0.328 e. The zero-order valence-electron chi connectivity index (χ0n) is 12.4. The first-order valence-corrected chi connectivity index (χ1v) is 8.66. The summed E-state index contributed by atoms with van der Waals surface area (Å²) in [5.41, 5.74) is 2.12. The fourth-order valence-corrected chi connectivity index (χ4v) is 4.01. The van der Waals surface area contributed by atoms with Gasteiger partial charge in [-0.15, -0.1) is 11.3 Å². The molecular weight excluding hydrogens is 318 g/mol. The number of ether oxygens (including phenoxy) is 1. The second-order valence-corrected chi connectivity index (χ2v) is 6.67. The maximum absolute atomic E-state index is 12.5. The number of hydrogen-bond donors (Lipinski definition) is 0. The van der Waals surface area contributed by atoms with Crippen LogP contribution in [-0.2, 0) is 22.5 Å². The Morgan fingerprint density at radius 3 is 3.00 bits per heavy atom. The van der Waals surface area contributed by atoms with Gasteiger partial charge < -0.3 is 4.74 Å². The molecule has 0 aliphatic carbocycles. The van der Waals surface area contributed by atoms with Gasteiger partial charge in [0.1, 0.15) is 6.04 Å². The zero-order valence-corrected chi connectivity index (χ0v) is 14.0. The van der Waals surface area contributed by atoms with Crippen LogP contribution in [-0.4, -0.2) is 24.0 Å². The minimum Gasteiger partial charge on any atom is -0.465 e.